The number of anilines is 1. The van der Waals surface area contributed by atoms with Crippen molar-refractivity contribution in [2.24, 2.45) is 17.8 Å². The van der Waals surface area contributed by atoms with E-state index in [0.717, 1.165) is 28.1 Å². The molecule has 0 bridgehead atoms. The zero-order valence-corrected chi connectivity index (χ0v) is 14.8. The Bertz CT molecular complexity index is 913. The number of aryl methyl sites for hydroxylation is 2. The van der Waals surface area contributed by atoms with Crippen LogP contribution in [0, 0.1) is 6.92 Å². The van der Waals surface area contributed by atoms with Crippen LogP contribution in [0.1, 0.15) is 17.0 Å². The van der Waals surface area contributed by atoms with Crippen molar-refractivity contribution < 1.29 is 4.74 Å². The largest absolute Gasteiger partial charge is 0.380 e. The molecule has 0 radical (unpaired) electrons. The van der Waals surface area contributed by atoms with Crippen LogP contribution in [-0.4, -0.2) is 22.6 Å². The van der Waals surface area contributed by atoms with Gasteiger partial charge in [0.25, 0.3) is 0 Å². The highest BCUT2D eigenvalue weighted by atomic mass is 16.5. The number of hydrogen-bond donors (Lipinski definition) is 2. The highest BCUT2D eigenvalue weighted by molar-refractivity contribution is 5.93. The topological polar surface area (TPSA) is 77.5 Å². The van der Waals surface area contributed by atoms with Gasteiger partial charge in [-0.05, 0) is 30.7 Å². The number of fused-ring (bicyclic) bond motifs is 1. The van der Waals surface area contributed by atoms with E-state index in [-0.39, 0.29) is 0 Å². The van der Waals surface area contributed by atoms with Crippen molar-refractivity contribution in [3.8, 4) is 0 Å². The second-order valence-corrected chi connectivity index (χ2v) is 6.00. The minimum atomic E-state index is 0.354. The maximum absolute atomic E-state index is 6.05. The van der Waals surface area contributed by atoms with Gasteiger partial charge in [0.15, 0.2) is 5.96 Å². The Morgan fingerprint density at radius 3 is 2.88 bits per heavy atom. The van der Waals surface area contributed by atoms with Gasteiger partial charge in [-0.25, -0.2) is 9.98 Å². The molecule has 0 aliphatic heterocycles. The van der Waals surface area contributed by atoms with Crippen molar-refractivity contribution >= 4 is 22.7 Å². The summed E-state index contributed by atoms with van der Waals surface area (Å²) in [6.07, 6.45) is 0. The summed E-state index contributed by atoms with van der Waals surface area (Å²) in [4.78, 5) is 9.08. The van der Waals surface area contributed by atoms with Gasteiger partial charge >= 0.3 is 0 Å². The van der Waals surface area contributed by atoms with Crippen molar-refractivity contribution in [3.05, 3.63) is 59.4 Å². The van der Waals surface area contributed by atoms with Crippen LogP contribution in [0.2, 0.25) is 0 Å². The fourth-order valence-corrected chi connectivity index (χ4v) is 2.76. The van der Waals surface area contributed by atoms with E-state index in [1.54, 1.807) is 7.11 Å². The molecule has 6 nitrogen and oxygen atoms in total. The molecule has 0 amide bonds. The molecule has 3 rings (SSSR count). The third kappa shape index (κ3) is 3.80. The number of imidazole rings is 1. The molecular formula is C19H23N5O. The SMILES string of the molecule is COCc1ccccc1NC(N)=NCc1nc2cc(C)ccc2n1C. The van der Waals surface area contributed by atoms with Crippen LogP contribution in [0.5, 0.6) is 0 Å². The van der Waals surface area contributed by atoms with E-state index >= 15 is 0 Å². The molecule has 3 aromatic rings. The number of rotatable bonds is 5. The third-order valence-corrected chi connectivity index (χ3v) is 4.10. The number of nitrogens with zero attached hydrogens (tertiary/aromatic N) is 3. The Morgan fingerprint density at radius 2 is 2.08 bits per heavy atom. The molecule has 0 saturated carbocycles. The van der Waals surface area contributed by atoms with Crippen molar-refractivity contribution in [1.82, 2.24) is 9.55 Å². The van der Waals surface area contributed by atoms with Crippen LogP contribution in [0.4, 0.5) is 5.69 Å². The molecule has 0 aliphatic carbocycles. The quantitative estimate of drug-likeness (QED) is 0.554. The van der Waals surface area contributed by atoms with Crippen LogP contribution in [0.25, 0.3) is 11.0 Å². The van der Waals surface area contributed by atoms with Gasteiger partial charge in [-0.3, -0.25) is 0 Å². The fourth-order valence-electron chi connectivity index (χ4n) is 2.76. The lowest BCUT2D eigenvalue weighted by Gasteiger charge is -2.10. The first-order valence-electron chi connectivity index (χ1n) is 8.14. The van der Waals surface area contributed by atoms with Crippen molar-refractivity contribution in [1.29, 1.82) is 0 Å². The van der Waals surface area contributed by atoms with E-state index < -0.39 is 0 Å². The smallest absolute Gasteiger partial charge is 0.193 e. The average Bonchev–Trinajstić information content (AvgIpc) is 2.90. The van der Waals surface area contributed by atoms with Gasteiger partial charge in [-0.15, -0.1) is 0 Å². The van der Waals surface area contributed by atoms with Crippen LogP contribution in [0.3, 0.4) is 0 Å². The Hall–Kier alpha value is -2.86. The Morgan fingerprint density at radius 1 is 1.28 bits per heavy atom. The maximum atomic E-state index is 6.05. The number of para-hydroxylation sites is 1. The molecule has 1 aromatic heterocycles. The van der Waals surface area contributed by atoms with Gasteiger partial charge < -0.3 is 20.4 Å². The molecule has 0 saturated heterocycles. The molecule has 0 spiro atoms. The highest BCUT2D eigenvalue weighted by Crippen LogP contribution is 2.18. The number of aromatic nitrogens is 2. The number of ether oxygens (including phenoxy) is 1. The van der Waals surface area contributed by atoms with Crippen molar-refractivity contribution in [3.63, 3.8) is 0 Å². The first-order valence-corrected chi connectivity index (χ1v) is 8.14. The summed E-state index contributed by atoms with van der Waals surface area (Å²) in [5.41, 5.74) is 11.2. The molecule has 130 valence electrons. The van der Waals surface area contributed by atoms with E-state index in [0.29, 0.717) is 19.1 Å². The van der Waals surface area contributed by atoms with Crippen molar-refractivity contribution in [2.75, 3.05) is 12.4 Å². The van der Waals surface area contributed by atoms with Crippen LogP contribution >= 0.6 is 0 Å². The number of hydrogen-bond acceptors (Lipinski definition) is 3. The lowest BCUT2D eigenvalue weighted by atomic mass is 10.2. The van der Waals surface area contributed by atoms with Gasteiger partial charge in [0.05, 0.1) is 17.6 Å². The minimum absolute atomic E-state index is 0.354. The molecule has 0 atom stereocenters. The summed E-state index contributed by atoms with van der Waals surface area (Å²) in [5.74, 6) is 1.22. The lowest BCUT2D eigenvalue weighted by Crippen LogP contribution is -2.23. The van der Waals surface area contributed by atoms with E-state index in [1.165, 1.54) is 5.56 Å². The van der Waals surface area contributed by atoms with Gasteiger partial charge in [0.1, 0.15) is 12.4 Å². The summed E-state index contributed by atoms with van der Waals surface area (Å²) < 4.78 is 7.25. The minimum Gasteiger partial charge on any atom is -0.380 e. The van der Waals surface area contributed by atoms with E-state index in [4.69, 9.17) is 10.5 Å². The summed E-state index contributed by atoms with van der Waals surface area (Å²) in [6, 6.07) is 14.1. The number of nitrogens with two attached hydrogens (primary N) is 1. The number of aliphatic imine (C=N–C) groups is 1. The normalized spacial score (nSPS) is 11.9. The zero-order chi connectivity index (χ0) is 17.8. The molecule has 0 aliphatic rings. The second-order valence-electron chi connectivity index (χ2n) is 6.00. The van der Waals surface area contributed by atoms with E-state index in [2.05, 4.69) is 40.4 Å². The number of guanidine groups is 1. The van der Waals surface area contributed by atoms with E-state index in [1.807, 2.05) is 35.9 Å². The van der Waals surface area contributed by atoms with Crippen LogP contribution in [0.15, 0.2) is 47.5 Å². The van der Waals surface area contributed by atoms with Crippen LogP contribution < -0.4 is 11.1 Å². The van der Waals surface area contributed by atoms with Crippen LogP contribution in [-0.2, 0) is 24.9 Å². The Kier molecular flexibility index (Phi) is 5.00. The van der Waals surface area contributed by atoms with E-state index in [9.17, 15) is 0 Å². The van der Waals surface area contributed by atoms with Gasteiger partial charge in [-0.2, -0.15) is 0 Å². The number of methoxy groups -OCH3 is 1. The Balaban J connectivity index is 1.77. The fraction of sp³-hybridized carbons (Fsp3) is 0.263. The van der Waals surface area contributed by atoms with Gasteiger partial charge in [0, 0.05) is 25.4 Å². The first-order chi connectivity index (χ1) is 12.1. The zero-order valence-electron chi connectivity index (χ0n) is 14.8. The molecule has 25 heavy (non-hydrogen) atoms. The average molecular weight is 337 g/mol. The summed E-state index contributed by atoms with van der Waals surface area (Å²) in [5, 5.41) is 3.14. The molecular weight excluding hydrogens is 314 g/mol. The third-order valence-electron chi connectivity index (χ3n) is 4.10. The predicted octanol–water partition coefficient (Wildman–Crippen LogP) is 2.95. The first kappa shape index (κ1) is 17.0. The molecule has 3 N–H and O–H groups in total. The lowest BCUT2D eigenvalue weighted by molar-refractivity contribution is 0.185. The molecule has 2 aromatic carbocycles. The molecule has 0 fully saturated rings. The van der Waals surface area contributed by atoms with Gasteiger partial charge in [0.2, 0.25) is 0 Å². The standard InChI is InChI=1S/C19H23N5O/c1-13-8-9-17-16(10-13)22-18(24(17)2)11-21-19(20)23-15-7-5-4-6-14(15)12-25-3/h4-10H,11-12H2,1-3H3,(H3,20,21,23). The number of benzene rings is 2. The van der Waals surface area contributed by atoms with Crippen molar-refractivity contribution in [2.45, 2.75) is 20.1 Å². The Labute approximate surface area is 147 Å². The number of nitrogens with one attached hydrogen (secondary N) is 1. The highest BCUT2D eigenvalue weighted by Gasteiger charge is 2.08. The molecule has 0 unspecified atom stereocenters. The molecule has 1 heterocycles. The maximum Gasteiger partial charge on any atom is 0.193 e. The monoisotopic (exact) mass is 337 g/mol. The summed E-state index contributed by atoms with van der Waals surface area (Å²) >= 11 is 0. The second kappa shape index (κ2) is 7.36. The molecule has 6 heteroatoms. The van der Waals surface area contributed by atoms with Gasteiger partial charge in [-0.1, -0.05) is 24.3 Å². The summed E-state index contributed by atoms with van der Waals surface area (Å²) in [7, 11) is 3.66. The predicted molar refractivity (Wildman–Crippen MR) is 102 cm³/mol. The summed E-state index contributed by atoms with van der Waals surface area (Å²) in [6.45, 7) is 2.99.